The normalized spacial score (nSPS) is 11.2. The summed E-state index contributed by atoms with van der Waals surface area (Å²) in [7, 11) is 0. The van der Waals surface area contributed by atoms with E-state index in [1.165, 1.54) is 0 Å². The molecule has 0 bridgehead atoms. The van der Waals surface area contributed by atoms with Crippen LogP contribution in [0.1, 0.15) is 12.5 Å². The standard InChI is InChI=1S/C23H19N3O2/c1-2-28-17-13-11-16(12-14-17)15-24-19-8-4-3-7-18(19)22-23(27)26-21-10-6-5-9-20(21)25-22/h3-15H,2H2,1H3,(H,26,27). The van der Waals surface area contributed by atoms with Gasteiger partial charge >= 0.3 is 0 Å². The van der Waals surface area contributed by atoms with Crippen molar-refractivity contribution in [3.63, 3.8) is 0 Å². The minimum absolute atomic E-state index is 0.234. The third-order valence-electron chi connectivity index (χ3n) is 4.30. The van der Waals surface area contributed by atoms with E-state index in [4.69, 9.17) is 4.74 Å². The number of aliphatic imine (C=N–C) groups is 1. The van der Waals surface area contributed by atoms with Crippen LogP contribution in [0.25, 0.3) is 22.3 Å². The fourth-order valence-electron chi connectivity index (χ4n) is 2.96. The van der Waals surface area contributed by atoms with Crippen molar-refractivity contribution < 1.29 is 4.74 Å². The van der Waals surface area contributed by atoms with Crippen LogP contribution in [0.3, 0.4) is 0 Å². The van der Waals surface area contributed by atoms with Gasteiger partial charge in [-0.2, -0.15) is 0 Å². The Kier molecular flexibility index (Phi) is 4.97. The van der Waals surface area contributed by atoms with Gasteiger partial charge in [0.1, 0.15) is 11.4 Å². The molecule has 0 aliphatic rings. The van der Waals surface area contributed by atoms with E-state index in [2.05, 4.69) is 15.0 Å². The number of fused-ring (bicyclic) bond motifs is 1. The molecule has 1 N–H and O–H groups in total. The highest BCUT2D eigenvalue weighted by molar-refractivity contribution is 5.86. The van der Waals surface area contributed by atoms with Crippen molar-refractivity contribution >= 4 is 22.9 Å². The number of aromatic nitrogens is 2. The molecule has 5 nitrogen and oxygen atoms in total. The Balaban J connectivity index is 1.71. The number of hydrogen-bond donors (Lipinski definition) is 1. The SMILES string of the molecule is CCOc1ccc(C=Nc2ccccc2-c2nc3ccccc3[nH]c2=O)cc1. The number of benzene rings is 3. The van der Waals surface area contributed by atoms with Crippen molar-refractivity contribution in [2.75, 3.05) is 6.61 Å². The Morgan fingerprint density at radius 2 is 1.75 bits per heavy atom. The maximum Gasteiger partial charge on any atom is 0.275 e. The van der Waals surface area contributed by atoms with Gasteiger partial charge in [-0.1, -0.05) is 30.3 Å². The number of nitrogens with one attached hydrogen (secondary N) is 1. The molecule has 0 radical (unpaired) electrons. The molecule has 0 saturated carbocycles. The fourth-order valence-corrected chi connectivity index (χ4v) is 2.96. The van der Waals surface area contributed by atoms with Crippen molar-refractivity contribution in [1.29, 1.82) is 0 Å². The summed E-state index contributed by atoms with van der Waals surface area (Å²) >= 11 is 0. The second-order valence-corrected chi connectivity index (χ2v) is 6.21. The van der Waals surface area contributed by atoms with Crippen LogP contribution < -0.4 is 10.3 Å². The van der Waals surface area contributed by atoms with Crippen LogP contribution in [0.4, 0.5) is 5.69 Å². The van der Waals surface area contributed by atoms with Crippen molar-refractivity contribution in [2.45, 2.75) is 6.92 Å². The van der Waals surface area contributed by atoms with Gasteiger partial charge in [-0.15, -0.1) is 0 Å². The molecule has 0 spiro atoms. The molecule has 138 valence electrons. The zero-order chi connectivity index (χ0) is 19.3. The van der Waals surface area contributed by atoms with E-state index in [1.807, 2.05) is 79.7 Å². The van der Waals surface area contributed by atoms with E-state index in [-0.39, 0.29) is 5.56 Å². The number of rotatable bonds is 5. The lowest BCUT2D eigenvalue weighted by molar-refractivity contribution is 0.340. The molecule has 0 atom stereocenters. The summed E-state index contributed by atoms with van der Waals surface area (Å²) in [6.45, 7) is 2.59. The molecule has 0 saturated heterocycles. The van der Waals surface area contributed by atoms with Crippen molar-refractivity contribution in [3.8, 4) is 17.0 Å². The smallest absolute Gasteiger partial charge is 0.275 e. The van der Waals surface area contributed by atoms with Crippen LogP contribution in [0, 0.1) is 0 Å². The first kappa shape index (κ1) is 17.7. The first-order valence-electron chi connectivity index (χ1n) is 9.10. The summed E-state index contributed by atoms with van der Waals surface area (Å²) in [5.74, 6) is 0.826. The molecule has 4 aromatic rings. The number of ether oxygens (including phenoxy) is 1. The molecule has 28 heavy (non-hydrogen) atoms. The molecule has 3 aromatic carbocycles. The average molecular weight is 369 g/mol. The van der Waals surface area contributed by atoms with Gasteiger partial charge in [-0.05, 0) is 55.0 Å². The topological polar surface area (TPSA) is 67.3 Å². The Labute approximate surface area is 162 Å². The third-order valence-corrected chi connectivity index (χ3v) is 4.30. The van der Waals surface area contributed by atoms with Crippen LogP contribution in [-0.4, -0.2) is 22.8 Å². The summed E-state index contributed by atoms with van der Waals surface area (Å²) < 4.78 is 5.46. The van der Waals surface area contributed by atoms with Gasteiger partial charge in [-0.3, -0.25) is 9.79 Å². The zero-order valence-electron chi connectivity index (χ0n) is 15.4. The number of hydrogen-bond acceptors (Lipinski definition) is 4. The first-order valence-corrected chi connectivity index (χ1v) is 9.10. The van der Waals surface area contributed by atoms with Crippen molar-refractivity contribution in [2.24, 2.45) is 4.99 Å². The van der Waals surface area contributed by atoms with Gasteiger partial charge in [0.2, 0.25) is 0 Å². The predicted octanol–water partition coefficient (Wildman–Crippen LogP) is 4.74. The van der Waals surface area contributed by atoms with Gasteiger partial charge in [0.25, 0.3) is 5.56 Å². The lowest BCUT2D eigenvalue weighted by Crippen LogP contribution is -2.11. The summed E-state index contributed by atoms with van der Waals surface area (Å²) in [5.41, 5.74) is 3.90. The largest absolute Gasteiger partial charge is 0.494 e. The Morgan fingerprint density at radius 1 is 1.00 bits per heavy atom. The van der Waals surface area contributed by atoms with E-state index in [1.54, 1.807) is 6.21 Å². The van der Waals surface area contributed by atoms with Gasteiger partial charge in [0.05, 0.1) is 23.3 Å². The molecular formula is C23H19N3O2. The Bertz CT molecular complexity index is 1190. The third kappa shape index (κ3) is 3.69. The van der Waals surface area contributed by atoms with Crippen LogP contribution >= 0.6 is 0 Å². The maximum atomic E-state index is 12.6. The lowest BCUT2D eigenvalue weighted by Gasteiger charge is -2.06. The predicted molar refractivity (Wildman–Crippen MR) is 113 cm³/mol. The number of H-pyrrole nitrogens is 1. The fraction of sp³-hybridized carbons (Fsp3) is 0.0870. The summed E-state index contributed by atoms with van der Waals surface area (Å²) in [5, 5.41) is 0. The first-order chi connectivity index (χ1) is 13.7. The van der Waals surface area contributed by atoms with Crippen LogP contribution in [-0.2, 0) is 0 Å². The van der Waals surface area contributed by atoms with Crippen molar-refractivity contribution in [1.82, 2.24) is 9.97 Å². The van der Waals surface area contributed by atoms with E-state index < -0.39 is 0 Å². The highest BCUT2D eigenvalue weighted by atomic mass is 16.5. The zero-order valence-corrected chi connectivity index (χ0v) is 15.4. The van der Waals surface area contributed by atoms with Crippen molar-refractivity contribution in [3.05, 3.63) is 88.7 Å². The van der Waals surface area contributed by atoms with Gasteiger partial charge in [0, 0.05) is 11.8 Å². The molecule has 0 fully saturated rings. The maximum absolute atomic E-state index is 12.6. The average Bonchev–Trinajstić information content (AvgIpc) is 2.73. The second-order valence-electron chi connectivity index (χ2n) is 6.21. The lowest BCUT2D eigenvalue weighted by atomic mass is 10.1. The summed E-state index contributed by atoms with van der Waals surface area (Å²) in [6.07, 6.45) is 1.77. The molecule has 4 rings (SSSR count). The summed E-state index contributed by atoms with van der Waals surface area (Å²) in [4.78, 5) is 24.6. The molecule has 0 amide bonds. The number of para-hydroxylation sites is 3. The minimum atomic E-state index is -0.234. The van der Waals surface area contributed by atoms with E-state index in [0.717, 1.165) is 16.8 Å². The van der Waals surface area contributed by atoms with Gasteiger partial charge in [0.15, 0.2) is 0 Å². The van der Waals surface area contributed by atoms with Gasteiger partial charge in [-0.25, -0.2) is 4.98 Å². The monoisotopic (exact) mass is 369 g/mol. The molecular weight excluding hydrogens is 350 g/mol. The molecule has 0 aliphatic carbocycles. The molecule has 5 heteroatoms. The van der Waals surface area contributed by atoms with Crippen LogP contribution in [0.2, 0.25) is 0 Å². The van der Waals surface area contributed by atoms with Crippen LogP contribution in [0.5, 0.6) is 5.75 Å². The van der Waals surface area contributed by atoms with Crippen LogP contribution in [0.15, 0.2) is 82.6 Å². The molecule has 0 aliphatic heterocycles. The van der Waals surface area contributed by atoms with E-state index in [9.17, 15) is 4.79 Å². The summed E-state index contributed by atoms with van der Waals surface area (Å²) in [6, 6.07) is 22.7. The molecule has 1 aromatic heterocycles. The molecule has 1 heterocycles. The highest BCUT2D eigenvalue weighted by Crippen LogP contribution is 2.27. The Morgan fingerprint density at radius 3 is 2.57 bits per heavy atom. The Hall–Kier alpha value is -3.73. The van der Waals surface area contributed by atoms with E-state index in [0.29, 0.717) is 29.1 Å². The number of nitrogens with zero attached hydrogens (tertiary/aromatic N) is 2. The van der Waals surface area contributed by atoms with E-state index >= 15 is 0 Å². The molecule has 0 unspecified atom stereocenters. The minimum Gasteiger partial charge on any atom is -0.494 e. The second kappa shape index (κ2) is 7.88. The number of aromatic amines is 1. The van der Waals surface area contributed by atoms with Gasteiger partial charge < -0.3 is 9.72 Å². The quantitative estimate of drug-likeness (QED) is 0.517. The highest BCUT2D eigenvalue weighted by Gasteiger charge is 2.11.